The molecule has 28 heavy (non-hydrogen) atoms. The average Bonchev–Trinajstić information content (AvgIpc) is 2.60. The Labute approximate surface area is 164 Å². The zero-order valence-corrected chi connectivity index (χ0v) is 16.4. The number of nitrogens with zero attached hydrogens (tertiary/aromatic N) is 1. The monoisotopic (exact) mass is 379 g/mol. The molecule has 146 valence electrons. The number of hydrogen-bond donors (Lipinski definition) is 2. The van der Waals surface area contributed by atoms with Crippen molar-refractivity contribution >= 4 is 28.2 Å². The number of carboxylic acids is 1. The molecule has 0 saturated carbocycles. The first kappa shape index (κ1) is 19.8. The van der Waals surface area contributed by atoms with Gasteiger partial charge >= 0.3 is 5.97 Å². The van der Waals surface area contributed by atoms with Crippen LogP contribution in [0.25, 0.3) is 10.8 Å². The van der Waals surface area contributed by atoms with Gasteiger partial charge in [0.1, 0.15) is 11.8 Å². The molecule has 0 aliphatic heterocycles. The minimum atomic E-state index is -1.07. The largest absolute Gasteiger partial charge is 0.511 e. The number of Topliss-reactive ketones (excluding diaryl/α,β-unsaturated/α-hetero) is 1. The Hall–Kier alpha value is -2.95. The summed E-state index contributed by atoms with van der Waals surface area (Å²) < 4.78 is 0. The first-order chi connectivity index (χ1) is 13.2. The van der Waals surface area contributed by atoms with Crippen molar-refractivity contribution in [3.63, 3.8) is 0 Å². The summed E-state index contributed by atoms with van der Waals surface area (Å²) in [6.45, 7) is 5.33. The maximum Gasteiger partial charge on any atom is 0.328 e. The normalized spacial score (nSPS) is 18.4. The highest BCUT2D eigenvalue weighted by Crippen LogP contribution is 2.37. The van der Waals surface area contributed by atoms with E-state index in [1.807, 2.05) is 56.3 Å². The summed E-state index contributed by atoms with van der Waals surface area (Å²) in [6.07, 6.45) is 0.941. The maximum absolute atomic E-state index is 12.8. The van der Waals surface area contributed by atoms with Crippen LogP contribution >= 0.6 is 0 Å². The molecule has 1 aliphatic rings. The van der Waals surface area contributed by atoms with Gasteiger partial charge in [0.05, 0.1) is 11.3 Å². The van der Waals surface area contributed by atoms with Gasteiger partial charge in [-0.25, -0.2) is 4.79 Å². The molecule has 5 nitrogen and oxygen atoms in total. The molecule has 2 N–H and O–H groups in total. The molecule has 0 aromatic heterocycles. The van der Waals surface area contributed by atoms with Gasteiger partial charge in [0.25, 0.3) is 0 Å². The van der Waals surface area contributed by atoms with E-state index in [4.69, 9.17) is 0 Å². The quantitative estimate of drug-likeness (QED) is 0.749. The molecular formula is C23H25NO4. The van der Waals surface area contributed by atoms with Gasteiger partial charge in [-0.05, 0) is 28.7 Å². The van der Waals surface area contributed by atoms with Gasteiger partial charge in [0.15, 0.2) is 5.78 Å². The summed E-state index contributed by atoms with van der Waals surface area (Å²) in [5.41, 5.74) is 1.13. The van der Waals surface area contributed by atoms with Crippen LogP contribution in [0.1, 0.15) is 39.2 Å². The van der Waals surface area contributed by atoms with Crippen LogP contribution < -0.4 is 0 Å². The van der Waals surface area contributed by atoms with Crippen molar-refractivity contribution in [3.8, 4) is 0 Å². The lowest BCUT2D eigenvalue weighted by Crippen LogP contribution is -2.31. The number of carbonyl (C=O) groups is 2. The Morgan fingerprint density at radius 2 is 1.82 bits per heavy atom. The molecule has 2 aromatic carbocycles. The molecule has 2 aromatic rings. The minimum Gasteiger partial charge on any atom is -0.511 e. The number of aliphatic imine (C=N–C) groups is 1. The number of hydrogen-bond acceptors (Lipinski definition) is 4. The number of aliphatic carboxylic acids is 1. The van der Waals surface area contributed by atoms with Gasteiger partial charge in [-0.3, -0.25) is 9.79 Å². The van der Waals surface area contributed by atoms with E-state index in [-0.39, 0.29) is 29.0 Å². The summed E-state index contributed by atoms with van der Waals surface area (Å²) in [4.78, 5) is 28.5. The van der Waals surface area contributed by atoms with E-state index in [1.54, 1.807) is 0 Å². The zero-order valence-electron chi connectivity index (χ0n) is 16.4. The fraction of sp³-hybridized carbons (Fsp3) is 0.348. The van der Waals surface area contributed by atoms with Crippen molar-refractivity contribution < 1.29 is 19.8 Å². The number of carboxylic acid groups (broad SMARTS) is 1. The van der Waals surface area contributed by atoms with Crippen LogP contribution in [0.3, 0.4) is 0 Å². The summed E-state index contributed by atoms with van der Waals surface area (Å²) in [7, 11) is 0. The van der Waals surface area contributed by atoms with E-state index >= 15 is 0 Å². The van der Waals surface area contributed by atoms with E-state index in [2.05, 4.69) is 4.99 Å². The van der Waals surface area contributed by atoms with Crippen LogP contribution in [0.5, 0.6) is 0 Å². The molecular weight excluding hydrogens is 354 g/mol. The molecule has 3 rings (SSSR count). The molecule has 0 fully saturated rings. The lowest BCUT2D eigenvalue weighted by molar-refractivity contribution is -0.138. The number of aliphatic hydroxyl groups is 1. The summed E-state index contributed by atoms with van der Waals surface area (Å²) in [5.74, 6) is -1.26. The van der Waals surface area contributed by atoms with Crippen molar-refractivity contribution in [3.05, 3.63) is 59.4 Å². The molecule has 1 atom stereocenters. The predicted molar refractivity (Wildman–Crippen MR) is 110 cm³/mol. The lowest BCUT2D eigenvalue weighted by Gasteiger charge is -2.30. The summed E-state index contributed by atoms with van der Waals surface area (Å²) >= 11 is 0. The smallest absolute Gasteiger partial charge is 0.328 e. The fourth-order valence-electron chi connectivity index (χ4n) is 3.73. The van der Waals surface area contributed by atoms with E-state index in [1.165, 1.54) is 6.92 Å². The first-order valence-corrected chi connectivity index (χ1v) is 9.40. The van der Waals surface area contributed by atoms with Gasteiger partial charge in [0, 0.05) is 19.3 Å². The molecule has 0 saturated heterocycles. The number of rotatable bonds is 5. The van der Waals surface area contributed by atoms with Gasteiger partial charge in [-0.1, -0.05) is 56.3 Å². The molecule has 1 aliphatic carbocycles. The highest BCUT2D eigenvalue weighted by molar-refractivity contribution is 6.24. The molecule has 0 amide bonds. The standard InChI is InChI=1S/C23H25NO4/c1-14(22(27)28)24-18(21-19(25)12-23(2,3)13-20(21)26)11-16-9-6-8-15-7-4-5-10-17(15)16/h4-10,14,25H,11-13H2,1-3H3,(H,27,28). The second-order valence-electron chi connectivity index (χ2n) is 8.17. The second kappa shape index (κ2) is 7.58. The third-order valence-electron chi connectivity index (χ3n) is 5.09. The topological polar surface area (TPSA) is 87.0 Å². The predicted octanol–water partition coefficient (Wildman–Crippen LogP) is 4.50. The maximum atomic E-state index is 12.8. The number of ketones is 1. The second-order valence-corrected chi connectivity index (χ2v) is 8.17. The number of benzene rings is 2. The van der Waals surface area contributed by atoms with E-state index < -0.39 is 12.0 Å². The van der Waals surface area contributed by atoms with Crippen LogP contribution in [-0.4, -0.2) is 33.7 Å². The van der Waals surface area contributed by atoms with Crippen molar-refractivity contribution in [1.82, 2.24) is 0 Å². The van der Waals surface area contributed by atoms with Crippen molar-refractivity contribution in [1.29, 1.82) is 0 Å². The number of aliphatic hydroxyl groups excluding tert-OH is 1. The SMILES string of the molecule is CC(N=C(Cc1cccc2ccccc12)C1=C(O)CC(C)(C)CC1=O)C(=O)O. The number of carbonyl (C=O) groups excluding carboxylic acids is 1. The third-order valence-corrected chi connectivity index (χ3v) is 5.09. The van der Waals surface area contributed by atoms with Crippen LogP contribution in [0.2, 0.25) is 0 Å². The lowest BCUT2D eigenvalue weighted by atomic mass is 9.75. The van der Waals surface area contributed by atoms with Crippen molar-refractivity contribution in [2.75, 3.05) is 0 Å². The van der Waals surface area contributed by atoms with Gasteiger partial charge in [0.2, 0.25) is 0 Å². The summed E-state index contributed by atoms with van der Waals surface area (Å²) in [5, 5.41) is 22.0. The summed E-state index contributed by atoms with van der Waals surface area (Å²) in [6, 6.07) is 12.7. The van der Waals surface area contributed by atoms with E-state index in [9.17, 15) is 19.8 Å². The van der Waals surface area contributed by atoms with Gasteiger partial charge in [-0.15, -0.1) is 0 Å². The first-order valence-electron chi connectivity index (χ1n) is 9.40. The highest BCUT2D eigenvalue weighted by atomic mass is 16.4. The molecule has 1 unspecified atom stereocenters. The minimum absolute atomic E-state index is 0.00201. The van der Waals surface area contributed by atoms with E-state index in [0.717, 1.165) is 16.3 Å². The van der Waals surface area contributed by atoms with Gasteiger partial charge in [-0.2, -0.15) is 0 Å². The molecule has 0 spiro atoms. The fourth-order valence-corrected chi connectivity index (χ4v) is 3.73. The number of allylic oxidation sites excluding steroid dienone is 2. The molecule has 0 bridgehead atoms. The average molecular weight is 379 g/mol. The Morgan fingerprint density at radius 1 is 1.14 bits per heavy atom. The Kier molecular flexibility index (Phi) is 5.36. The van der Waals surface area contributed by atoms with E-state index in [0.29, 0.717) is 18.6 Å². The van der Waals surface area contributed by atoms with Crippen LogP contribution in [0.15, 0.2) is 58.8 Å². The zero-order chi connectivity index (χ0) is 20.5. The van der Waals surface area contributed by atoms with Gasteiger partial charge < -0.3 is 10.2 Å². The van der Waals surface area contributed by atoms with Crippen molar-refractivity contribution in [2.45, 2.75) is 46.1 Å². The number of fused-ring (bicyclic) bond motifs is 1. The van der Waals surface area contributed by atoms with Crippen LogP contribution in [0, 0.1) is 5.41 Å². The molecule has 0 heterocycles. The Balaban J connectivity index is 2.11. The Morgan fingerprint density at radius 3 is 2.50 bits per heavy atom. The van der Waals surface area contributed by atoms with Crippen LogP contribution in [-0.2, 0) is 16.0 Å². The molecule has 0 radical (unpaired) electrons. The third kappa shape index (κ3) is 4.14. The van der Waals surface area contributed by atoms with Crippen molar-refractivity contribution in [2.24, 2.45) is 10.4 Å². The Bertz CT molecular complexity index is 995. The van der Waals surface area contributed by atoms with Crippen LogP contribution in [0.4, 0.5) is 0 Å². The highest BCUT2D eigenvalue weighted by Gasteiger charge is 2.35. The molecule has 5 heteroatoms.